The van der Waals surface area contributed by atoms with Crippen molar-refractivity contribution in [3.63, 3.8) is 0 Å². The van der Waals surface area contributed by atoms with Gasteiger partial charge in [0.2, 0.25) is 6.33 Å². The summed E-state index contributed by atoms with van der Waals surface area (Å²) in [6, 6.07) is 10.8. The van der Waals surface area contributed by atoms with Gasteiger partial charge in [-0.15, -0.1) is 4.68 Å². The molecular weight excluding hydrogens is 350 g/mol. The molecular formula is C23H28N3O2+. The van der Waals surface area contributed by atoms with Crippen LogP contribution in [-0.2, 0) is 18.5 Å². The molecule has 146 valence electrons. The minimum absolute atomic E-state index is 0.0668. The monoisotopic (exact) mass is 378 g/mol. The lowest BCUT2D eigenvalue weighted by Crippen LogP contribution is -2.56. The van der Waals surface area contributed by atoms with Crippen molar-refractivity contribution in [2.24, 2.45) is 0 Å². The van der Waals surface area contributed by atoms with Crippen LogP contribution in [0.4, 0.5) is 0 Å². The second-order valence-electron chi connectivity index (χ2n) is 8.36. The van der Waals surface area contributed by atoms with E-state index in [4.69, 9.17) is 14.6 Å². The third kappa shape index (κ3) is 3.15. The Morgan fingerprint density at radius 3 is 2.29 bits per heavy atom. The Labute approximate surface area is 166 Å². The van der Waals surface area contributed by atoms with Crippen LogP contribution in [0.3, 0.4) is 0 Å². The number of methoxy groups -OCH3 is 2. The summed E-state index contributed by atoms with van der Waals surface area (Å²) in [5.74, 6) is 2.47. The van der Waals surface area contributed by atoms with Crippen LogP contribution in [0, 0.1) is 13.8 Å². The van der Waals surface area contributed by atoms with Crippen molar-refractivity contribution >= 4 is 0 Å². The molecule has 1 aliphatic rings. The van der Waals surface area contributed by atoms with Crippen LogP contribution in [0.5, 0.6) is 11.5 Å². The molecule has 1 aromatic heterocycles. The van der Waals surface area contributed by atoms with Gasteiger partial charge in [0, 0.05) is 11.5 Å². The summed E-state index contributed by atoms with van der Waals surface area (Å²) in [5.41, 5.74) is 6.10. The zero-order chi connectivity index (χ0) is 20.1. The normalized spacial score (nSPS) is 14.4. The second-order valence-corrected chi connectivity index (χ2v) is 8.36. The van der Waals surface area contributed by atoms with Crippen LogP contribution < -0.4 is 14.0 Å². The van der Waals surface area contributed by atoms with Crippen LogP contribution >= 0.6 is 0 Å². The highest BCUT2D eigenvalue weighted by molar-refractivity contribution is 5.65. The molecule has 0 N–H and O–H groups in total. The van der Waals surface area contributed by atoms with E-state index in [2.05, 4.69) is 62.9 Å². The van der Waals surface area contributed by atoms with Gasteiger partial charge in [0.15, 0.2) is 11.5 Å². The number of hydrogen-bond donors (Lipinski definition) is 0. The van der Waals surface area contributed by atoms with Crippen LogP contribution in [0.2, 0.25) is 0 Å². The van der Waals surface area contributed by atoms with E-state index in [1.807, 2.05) is 10.7 Å². The van der Waals surface area contributed by atoms with Gasteiger partial charge in [0.1, 0.15) is 6.54 Å². The molecule has 0 bridgehead atoms. The largest absolute Gasteiger partial charge is 0.493 e. The highest BCUT2D eigenvalue weighted by Crippen LogP contribution is 2.39. The van der Waals surface area contributed by atoms with Gasteiger partial charge in [0.25, 0.3) is 0 Å². The van der Waals surface area contributed by atoms with Crippen LogP contribution in [0.1, 0.15) is 36.1 Å². The SMILES string of the molecule is COc1cc2c(cc1OC)-c1nn(Cc3cc(C)cc(C)c3)c[n+]1C(C)(C)C2. The molecule has 0 unspecified atom stereocenters. The van der Waals surface area contributed by atoms with Gasteiger partial charge in [-0.1, -0.05) is 29.3 Å². The average molecular weight is 378 g/mol. The fourth-order valence-electron chi connectivity index (χ4n) is 4.26. The molecule has 4 rings (SSSR count). The Bertz CT molecular complexity index is 1030. The van der Waals surface area contributed by atoms with Crippen molar-refractivity contribution in [1.82, 2.24) is 9.78 Å². The third-order valence-corrected chi connectivity index (χ3v) is 5.45. The number of aryl methyl sites for hydroxylation is 2. The number of fused-ring (bicyclic) bond motifs is 3. The van der Waals surface area contributed by atoms with Crippen molar-refractivity contribution in [2.45, 2.75) is 46.2 Å². The minimum Gasteiger partial charge on any atom is -0.493 e. The average Bonchev–Trinajstić information content (AvgIpc) is 3.04. The van der Waals surface area contributed by atoms with Crippen molar-refractivity contribution < 1.29 is 14.0 Å². The molecule has 5 heteroatoms. The Balaban J connectivity index is 1.80. The van der Waals surface area contributed by atoms with E-state index in [1.54, 1.807) is 14.2 Å². The summed E-state index contributed by atoms with van der Waals surface area (Å²) >= 11 is 0. The smallest absolute Gasteiger partial charge is 0.309 e. The topological polar surface area (TPSA) is 40.2 Å². The molecule has 3 aromatic rings. The molecule has 0 aliphatic carbocycles. The minimum atomic E-state index is -0.0668. The zero-order valence-electron chi connectivity index (χ0n) is 17.5. The predicted molar refractivity (Wildman–Crippen MR) is 109 cm³/mol. The van der Waals surface area contributed by atoms with E-state index in [1.165, 1.54) is 22.3 Å². The van der Waals surface area contributed by atoms with Gasteiger partial charge in [-0.3, -0.25) is 0 Å². The standard InChI is InChI=1S/C23H28N3O2/c1-15-7-16(2)9-17(8-15)13-25-14-26-22(24-25)19-11-21(28-6)20(27-5)10-18(19)12-23(26,3)4/h7-11,14H,12-13H2,1-6H3/q+1. The molecule has 0 amide bonds. The maximum absolute atomic E-state index is 5.53. The molecule has 0 saturated carbocycles. The van der Waals surface area contributed by atoms with Crippen molar-refractivity contribution in [3.8, 4) is 22.9 Å². The van der Waals surface area contributed by atoms with Crippen molar-refractivity contribution in [1.29, 1.82) is 0 Å². The second kappa shape index (κ2) is 6.66. The fraction of sp³-hybridized carbons (Fsp3) is 0.391. The van der Waals surface area contributed by atoms with Crippen molar-refractivity contribution in [3.05, 3.63) is 58.9 Å². The molecule has 0 saturated heterocycles. The fourth-order valence-corrected chi connectivity index (χ4v) is 4.26. The summed E-state index contributed by atoms with van der Waals surface area (Å²) in [6.45, 7) is 9.52. The third-order valence-electron chi connectivity index (χ3n) is 5.45. The highest BCUT2D eigenvalue weighted by atomic mass is 16.5. The zero-order valence-corrected chi connectivity index (χ0v) is 17.5. The van der Waals surface area contributed by atoms with Crippen LogP contribution in [0.15, 0.2) is 36.7 Å². The van der Waals surface area contributed by atoms with Gasteiger partial charge in [0.05, 0.1) is 25.3 Å². The van der Waals surface area contributed by atoms with E-state index in [0.717, 1.165) is 35.9 Å². The first-order chi connectivity index (χ1) is 13.3. The number of rotatable bonds is 4. The molecule has 28 heavy (non-hydrogen) atoms. The number of aromatic nitrogens is 3. The summed E-state index contributed by atoms with van der Waals surface area (Å²) in [5, 5.41) is 4.96. The molecule has 5 nitrogen and oxygen atoms in total. The summed E-state index contributed by atoms with van der Waals surface area (Å²) in [7, 11) is 3.35. The maximum Gasteiger partial charge on any atom is 0.309 e. The Hall–Kier alpha value is -2.82. The summed E-state index contributed by atoms with van der Waals surface area (Å²) in [6.07, 6.45) is 3.04. The van der Waals surface area contributed by atoms with E-state index in [9.17, 15) is 0 Å². The first-order valence-electron chi connectivity index (χ1n) is 9.63. The predicted octanol–water partition coefficient (Wildman–Crippen LogP) is 3.81. The van der Waals surface area contributed by atoms with Crippen LogP contribution in [-0.4, -0.2) is 24.0 Å². The molecule has 0 fully saturated rings. The Morgan fingerprint density at radius 1 is 1.00 bits per heavy atom. The molecule has 0 atom stereocenters. The lowest BCUT2D eigenvalue weighted by molar-refractivity contribution is -0.750. The highest BCUT2D eigenvalue weighted by Gasteiger charge is 2.39. The van der Waals surface area contributed by atoms with Gasteiger partial charge in [-0.25, -0.2) is 4.57 Å². The molecule has 2 aromatic carbocycles. The maximum atomic E-state index is 5.53. The Morgan fingerprint density at radius 2 is 1.64 bits per heavy atom. The van der Waals surface area contributed by atoms with E-state index < -0.39 is 0 Å². The number of nitrogens with zero attached hydrogens (tertiary/aromatic N) is 3. The van der Waals surface area contributed by atoms with E-state index in [0.29, 0.717) is 0 Å². The van der Waals surface area contributed by atoms with E-state index in [-0.39, 0.29) is 5.54 Å². The molecule has 0 radical (unpaired) electrons. The first-order valence-corrected chi connectivity index (χ1v) is 9.63. The first kappa shape index (κ1) is 18.5. The number of benzene rings is 2. The summed E-state index contributed by atoms with van der Waals surface area (Å²) in [4.78, 5) is 0. The van der Waals surface area contributed by atoms with Crippen LogP contribution in [0.25, 0.3) is 11.4 Å². The van der Waals surface area contributed by atoms with Crippen molar-refractivity contribution in [2.75, 3.05) is 14.2 Å². The van der Waals surface area contributed by atoms with Gasteiger partial charge >= 0.3 is 5.82 Å². The number of ether oxygens (including phenoxy) is 2. The molecule has 0 spiro atoms. The molecule has 2 heterocycles. The quantitative estimate of drug-likeness (QED) is 0.648. The lowest BCUT2D eigenvalue weighted by Gasteiger charge is -2.29. The lowest BCUT2D eigenvalue weighted by atomic mass is 9.87. The van der Waals surface area contributed by atoms with Gasteiger partial charge < -0.3 is 9.47 Å². The van der Waals surface area contributed by atoms with Gasteiger partial charge in [-0.2, -0.15) is 0 Å². The van der Waals surface area contributed by atoms with Gasteiger partial charge in [-0.05, 0) is 51.0 Å². The Kier molecular flexibility index (Phi) is 4.41. The summed E-state index contributed by atoms with van der Waals surface area (Å²) < 4.78 is 15.4. The molecule has 1 aliphatic heterocycles. The van der Waals surface area contributed by atoms with E-state index >= 15 is 0 Å². The number of hydrogen-bond acceptors (Lipinski definition) is 3.